The molecule has 0 aromatic heterocycles. The van der Waals surface area contributed by atoms with Gasteiger partial charge in [-0.1, -0.05) is 43.2 Å². The zero-order chi connectivity index (χ0) is 12.0. The highest BCUT2D eigenvalue weighted by atomic mass is 16.1. The summed E-state index contributed by atoms with van der Waals surface area (Å²) in [6, 6.07) is 7.49. The van der Waals surface area contributed by atoms with Gasteiger partial charge in [-0.25, -0.2) is 0 Å². The molecule has 1 unspecified atom stereocenters. The predicted molar refractivity (Wildman–Crippen MR) is 63.5 cm³/mol. The number of carbonyl (C=O) groups is 1. The minimum atomic E-state index is -0.145. The van der Waals surface area contributed by atoms with E-state index < -0.39 is 0 Å². The standard InChI is InChI=1S/C12H15N3O/c1-3-9(2)10-4-6-11(7-5-10)12(16)8-14-15-13/h4-7,9H,3,8H2,1-2H3. The van der Waals surface area contributed by atoms with Gasteiger partial charge in [-0.2, -0.15) is 0 Å². The third-order valence-corrected chi connectivity index (χ3v) is 2.69. The molecule has 0 bridgehead atoms. The normalized spacial score (nSPS) is 11.6. The van der Waals surface area contributed by atoms with Crippen molar-refractivity contribution in [1.82, 2.24) is 0 Å². The number of nitrogens with zero attached hydrogens (tertiary/aromatic N) is 3. The van der Waals surface area contributed by atoms with Gasteiger partial charge in [0.05, 0.1) is 6.54 Å². The van der Waals surface area contributed by atoms with Gasteiger partial charge in [0, 0.05) is 10.5 Å². The maximum atomic E-state index is 11.5. The Bertz CT molecular complexity index is 405. The van der Waals surface area contributed by atoms with Crippen LogP contribution in [0.2, 0.25) is 0 Å². The molecule has 0 heterocycles. The van der Waals surface area contributed by atoms with Crippen LogP contribution in [0.15, 0.2) is 29.4 Å². The minimum absolute atomic E-state index is 0.112. The molecule has 0 aliphatic carbocycles. The molecule has 4 heteroatoms. The van der Waals surface area contributed by atoms with E-state index in [9.17, 15) is 4.79 Å². The van der Waals surface area contributed by atoms with Crippen molar-refractivity contribution in [3.05, 3.63) is 45.8 Å². The summed E-state index contributed by atoms with van der Waals surface area (Å²) in [5.41, 5.74) is 9.94. The molecule has 0 radical (unpaired) electrons. The smallest absolute Gasteiger partial charge is 0.168 e. The Kier molecular flexibility index (Phi) is 4.55. The number of hydrogen-bond acceptors (Lipinski definition) is 2. The van der Waals surface area contributed by atoms with Crippen molar-refractivity contribution < 1.29 is 4.79 Å². The van der Waals surface area contributed by atoms with Crippen molar-refractivity contribution >= 4 is 5.78 Å². The number of carbonyl (C=O) groups excluding carboxylic acids is 1. The summed E-state index contributed by atoms with van der Waals surface area (Å²) in [7, 11) is 0. The van der Waals surface area contributed by atoms with E-state index in [1.165, 1.54) is 5.56 Å². The van der Waals surface area contributed by atoms with Crippen molar-refractivity contribution in [2.75, 3.05) is 6.54 Å². The quantitative estimate of drug-likeness (QED) is 0.321. The van der Waals surface area contributed by atoms with Gasteiger partial charge in [-0.15, -0.1) is 0 Å². The number of benzene rings is 1. The summed E-state index contributed by atoms with van der Waals surface area (Å²) in [5, 5.41) is 3.25. The number of Topliss-reactive ketones (excluding diaryl/α,β-unsaturated/α-hetero) is 1. The van der Waals surface area contributed by atoms with Crippen molar-refractivity contribution in [3.63, 3.8) is 0 Å². The van der Waals surface area contributed by atoms with Crippen LogP contribution in [0.1, 0.15) is 42.1 Å². The second kappa shape index (κ2) is 5.93. The summed E-state index contributed by atoms with van der Waals surface area (Å²) in [6.45, 7) is 4.17. The molecule has 1 aromatic carbocycles. The monoisotopic (exact) mass is 217 g/mol. The van der Waals surface area contributed by atoms with Crippen LogP contribution in [0.25, 0.3) is 10.4 Å². The fourth-order valence-corrected chi connectivity index (χ4v) is 1.42. The molecule has 1 aromatic rings. The molecule has 0 N–H and O–H groups in total. The lowest BCUT2D eigenvalue weighted by molar-refractivity contribution is 0.100. The molecule has 16 heavy (non-hydrogen) atoms. The SMILES string of the molecule is CCC(C)c1ccc(C(=O)CN=[N+]=[N-])cc1. The Hall–Kier alpha value is -1.80. The molecular weight excluding hydrogens is 202 g/mol. The Morgan fingerprint density at radius 2 is 2.06 bits per heavy atom. The molecular formula is C12H15N3O. The van der Waals surface area contributed by atoms with Gasteiger partial charge in [0.15, 0.2) is 5.78 Å². The molecule has 0 fully saturated rings. The van der Waals surface area contributed by atoms with Gasteiger partial charge in [-0.3, -0.25) is 4.79 Å². The van der Waals surface area contributed by atoms with Gasteiger partial charge < -0.3 is 0 Å². The molecule has 84 valence electrons. The largest absolute Gasteiger partial charge is 0.294 e. The lowest BCUT2D eigenvalue weighted by Crippen LogP contribution is -2.03. The van der Waals surface area contributed by atoms with E-state index in [-0.39, 0.29) is 12.3 Å². The first-order valence-corrected chi connectivity index (χ1v) is 5.33. The van der Waals surface area contributed by atoms with E-state index in [1.54, 1.807) is 12.1 Å². The molecule has 0 amide bonds. The molecule has 1 atom stereocenters. The number of hydrogen-bond donors (Lipinski definition) is 0. The minimum Gasteiger partial charge on any atom is -0.294 e. The summed E-state index contributed by atoms with van der Waals surface area (Å²) < 4.78 is 0. The average Bonchev–Trinajstić information content (AvgIpc) is 2.35. The second-order valence-corrected chi connectivity index (χ2v) is 3.74. The van der Waals surface area contributed by atoms with Gasteiger partial charge in [0.2, 0.25) is 0 Å². The number of ketones is 1. The fraction of sp³-hybridized carbons (Fsp3) is 0.417. The van der Waals surface area contributed by atoms with Crippen LogP contribution < -0.4 is 0 Å². The molecule has 0 aliphatic rings. The van der Waals surface area contributed by atoms with Crippen molar-refractivity contribution in [3.8, 4) is 0 Å². The lowest BCUT2D eigenvalue weighted by Gasteiger charge is -2.08. The second-order valence-electron chi connectivity index (χ2n) is 3.74. The van der Waals surface area contributed by atoms with Crippen molar-refractivity contribution in [1.29, 1.82) is 0 Å². The highest BCUT2D eigenvalue weighted by molar-refractivity contribution is 5.97. The molecule has 0 spiro atoms. The van der Waals surface area contributed by atoms with Crippen LogP contribution in [0, 0.1) is 0 Å². The maximum absolute atomic E-state index is 11.5. The third-order valence-electron chi connectivity index (χ3n) is 2.69. The van der Waals surface area contributed by atoms with E-state index in [0.29, 0.717) is 11.5 Å². The Labute approximate surface area is 94.9 Å². The van der Waals surface area contributed by atoms with Crippen molar-refractivity contribution in [2.24, 2.45) is 5.11 Å². The molecule has 1 rings (SSSR count). The Morgan fingerprint density at radius 3 is 2.56 bits per heavy atom. The first kappa shape index (κ1) is 12.3. The molecule has 0 saturated carbocycles. The topological polar surface area (TPSA) is 65.8 Å². The zero-order valence-electron chi connectivity index (χ0n) is 9.55. The van der Waals surface area contributed by atoms with E-state index >= 15 is 0 Å². The summed E-state index contributed by atoms with van der Waals surface area (Å²) in [4.78, 5) is 14.1. The number of azide groups is 1. The highest BCUT2D eigenvalue weighted by Crippen LogP contribution is 2.18. The summed E-state index contributed by atoms with van der Waals surface area (Å²) in [5.74, 6) is 0.356. The van der Waals surface area contributed by atoms with E-state index in [4.69, 9.17) is 5.53 Å². The van der Waals surface area contributed by atoms with E-state index in [2.05, 4.69) is 23.9 Å². The molecule has 4 nitrogen and oxygen atoms in total. The summed E-state index contributed by atoms with van der Waals surface area (Å²) >= 11 is 0. The Balaban J connectivity index is 2.78. The van der Waals surface area contributed by atoms with Crippen LogP contribution in [0.4, 0.5) is 0 Å². The van der Waals surface area contributed by atoms with E-state index in [0.717, 1.165) is 6.42 Å². The molecule has 0 saturated heterocycles. The molecule has 0 aliphatic heterocycles. The fourth-order valence-electron chi connectivity index (χ4n) is 1.42. The lowest BCUT2D eigenvalue weighted by atomic mass is 9.97. The summed E-state index contributed by atoms with van der Waals surface area (Å²) in [6.07, 6.45) is 1.08. The zero-order valence-corrected chi connectivity index (χ0v) is 9.55. The first-order chi connectivity index (χ1) is 7.69. The van der Waals surface area contributed by atoms with Crippen LogP contribution >= 0.6 is 0 Å². The van der Waals surface area contributed by atoms with Gasteiger partial charge >= 0.3 is 0 Å². The van der Waals surface area contributed by atoms with Gasteiger partial charge in [-0.05, 0) is 23.4 Å². The van der Waals surface area contributed by atoms with Gasteiger partial charge in [0.1, 0.15) is 0 Å². The van der Waals surface area contributed by atoms with E-state index in [1.807, 2.05) is 12.1 Å². The van der Waals surface area contributed by atoms with Crippen LogP contribution in [-0.4, -0.2) is 12.3 Å². The Morgan fingerprint density at radius 1 is 1.44 bits per heavy atom. The number of rotatable bonds is 5. The third kappa shape index (κ3) is 3.11. The average molecular weight is 217 g/mol. The first-order valence-electron chi connectivity index (χ1n) is 5.33. The van der Waals surface area contributed by atoms with Crippen molar-refractivity contribution in [2.45, 2.75) is 26.2 Å². The van der Waals surface area contributed by atoms with Crippen LogP contribution in [0.3, 0.4) is 0 Å². The predicted octanol–water partition coefficient (Wildman–Crippen LogP) is 3.69. The highest BCUT2D eigenvalue weighted by Gasteiger charge is 2.06. The van der Waals surface area contributed by atoms with Crippen LogP contribution in [0.5, 0.6) is 0 Å². The maximum Gasteiger partial charge on any atom is 0.168 e. The van der Waals surface area contributed by atoms with Gasteiger partial charge in [0.25, 0.3) is 0 Å². The van der Waals surface area contributed by atoms with Crippen LogP contribution in [-0.2, 0) is 0 Å².